The van der Waals surface area contributed by atoms with Crippen molar-refractivity contribution in [2.75, 3.05) is 6.26 Å². The summed E-state index contributed by atoms with van der Waals surface area (Å²) in [5.41, 5.74) is -0.251. The van der Waals surface area contributed by atoms with Gasteiger partial charge in [0.15, 0.2) is 4.34 Å². The van der Waals surface area contributed by atoms with Gasteiger partial charge in [0.25, 0.3) is 0 Å². The number of aromatic amines is 1. The summed E-state index contributed by atoms with van der Waals surface area (Å²) in [5.74, 6) is 0. The predicted octanol–water partition coefficient (Wildman–Crippen LogP) is 0.553. The van der Waals surface area contributed by atoms with Gasteiger partial charge >= 0.3 is 5.69 Å². The first-order valence-corrected chi connectivity index (χ1v) is 3.96. The molecule has 0 atom stereocenters. The summed E-state index contributed by atoms with van der Waals surface area (Å²) in [6.45, 7) is 0. The molecular weight excluding hydrogens is 144 g/mol. The fourth-order valence-electron chi connectivity index (χ4n) is 0.303. The van der Waals surface area contributed by atoms with Gasteiger partial charge in [0.2, 0.25) is 0 Å². The Balaban J connectivity index is 3.01. The van der Waals surface area contributed by atoms with E-state index in [1.54, 1.807) is 0 Å². The lowest BCUT2D eigenvalue weighted by atomic mass is 11.3. The van der Waals surface area contributed by atoms with Gasteiger partial charge in [0.1, 0.15) is 0 Å². The zero-order valence-corrected chi connectivity index (χ0v) is 5.80. The molecule has 1 aromatic rings. The number of aromatic nitrogens is 2. The lowest BCUT2D eigenvalue weighted by Gasteiger charge is -1.74. The quantitative estimate of drug-likeness (QED) is 0.592. The molecular formula is C3H4N2OS2. The van der Waals surface area contributed by atoms with E-state index in [4.69, 9.17) is 0 Å². The van der Waals surface area contributed by atoms with Crippen molar-refractivity contribution in [3.63, 3.8) is 0 Å². The van der Waals surface area contributed by atoms with Crippen molar-refractivity contribution < 1.29 is 0 Å². The lowest BCUT2D eigenvalue weighted by Crippen LogP contribution is -1.99. The Morgan fingerprint density at radius 1 is 1.88 bits per heavy atom. The van der Waals surface area contributed by atoms with Crippen LogP contribution in [0.3, 0.4) is 0 Å². The Hall–Kier alpha value is -0.290. The molecule has 1 aromatic heterocycles. The van der Waals surface area contributed by atoms with E-state index in [-0.39, 0.29) is 5.69 Å². The molecule has 0 aliphatic rings. The fourth-order valence-corrected chi connectivity index (χ4v) is 1.28. The Bertz CT molecular complexity index is 215. The van der Waals surface area contributed by atoms with E-state index in [0.29, 0.717) is 0 Å². The molecule has 8 heavy (non-hydrogen) atoms. The second-order valence-electron chi connectivity index (χ2n) is 1.09. The molecule has 1 rings (SSSR count). The van der Waals surface area contributed by atoms with Crippen LogP contribution in [0.4, 0.5) is 0 Å². The van der Waals surface area contributed by atoms with Crippen LogP contribution in [0.5, 0.6) is 0 Å². The summed E-state index contributed by atoms with van der Waals surface area (Å²) in [5, 5.41) is 0. The first-order chi connectivity index (χ1) is 3.83. The van der Waals surface area contributed by atoms with Gasteiger partial charge in [-0.2, -0.15) is 4.98 Å². The predicted molar refractivity (Wildman–Crippen MR) is 34.5 cm³/mol. The third-order valence-electron chi connectivity index (χ3n) is 0.593. The topological polar surface area (TPSA) is 45.8 Å². The average Bonchev–Trinajstić information content (AvgIpc) is 2.14. The maximum absolute atomic E-state index is 10.3. The summed E-state index contributed by atoms with van der Waals surface area (Å²) >= 11 is 2.73. The average molecular weight is 148 g/mol. The molecule has 44 valence electrons. The monoisotopic (exact) mass is 148 g/mol. The smallest absolute Gasteiger partial charge is 0.259 e. The number of nitrogens with zero attached hydrogens (tertiary/aromatic N) is 1. The number of nitrogens with one attached hydrogen (secondary N) is 1. The van der Waals surface area contributed by atoms with Crippen LogP contribution in [0.15, 0.2) is 9.13 Å². The molecule has 0 aliphatic heterocycles. The number of hydrogen-bond donors (Lipinski definition) is 1. The van der Waals surface area contributed by atoms with Gasteiger partial charge in [-0.15, -0.1) is 0 Å². The molecule has 0 spiro atoms. The molecule has 5 heteroatoms. The van der Waals surface area contributed by atoms with Gasteiger partial charge in [0, 0.05) is 0 Å². The van der Waals surface area contributed by atoms with E-state index in [9.17, 15) is 4.79 Å². The van der Waals surface area contributed by atoms with Crippen LogP contribution < -0.4 is 5.69 Å². The highest BCUT2D eigenvalue weighted by Crippen LogP contribution is 2.10. The van der Waals surface area contributed by atoms with Crippen molar-refractivity contribution in [2.45, 2.75) is 4.34 Å². The summed E-state index contributed by atoms with van der Waals surface area (Å²) in [7, 11) is 0. The van der Waals surface area contributed by atoms with Crippen molar-refractivity contribution in [1.82, 2.24) is 9.36 Å². The zero-order valence-electron chi connectivity index (χ0n) is 4.17. The number of rotatable bonds is 1. The van der Waals surface area contributed by atoms with Gasteiger partial charge in [-0.1, -0.05) is 11.8 Å². The molecule has 1 N–H and O–H groups in total. The van der Waals surface area contributed by atoms with Crippen molar-refractivity contribution in [2.24, 2.45) is 0 Å². The Labute approximate surface area is 54.3 Å². The number of thioether (sulfide) groups is 1. The van der Waals surface area contributed by atoms with Crippen LogP contribution in [0.1, 0.15) is 0 Å². The van der Waals surface area contributed by atoms with Gasteiger partial charge in [0.05, 0.1) is 0 Å². The van der Waals surface area contributed by atoms with E-state index >= 15 is 0 Å². The number of hydrogen-bond acceptors (Lipinski definition) is 4. The van der Waals surface area contributed by atoms with E-state index < -0.39 is 0 Å². The van der Waals surface area contributed by atoms with Crippen LogP contribution in [-0.4, -0.2) is 15.6 Å². The van der Waals surface area contributed by atoms with Gasteiger partial charge in [-0.3, -0.25) is 4.37 Å². The summed E-state index contributed by atoms with van der Waals surface area (Å²) < 4.78 is 3.26. The second-order valence-corrected chi connectivity index (χ2v) is 2.94. The van der Waals surface area contributed by atoms with Crippen LogP contribution in [0, 0.1) is 0 Å². The Morgan fingerprint density at radius 2 is 2.62 bits per heavy atom. The van der Waals surface area contributed by atoms with Gasteiger partial charge < -0.3 is 0 Å². The van der Waals surface area contributed by atoms with Crippen molar-refractivity contribution in [3.05, 3.63) is 10.5 Å². The third-order valence-corrected chi connectivity index (χ3v) is 2.33. The summed E-state index contributed by atoms with van der Waals surface area (Å²) in [6, 6.07) is 0. The molecule has 0 saturated heterocycles. The standard InChI is InChI=1S/C3H4N2OS2/c1-7-3-4-2(6)5-8-3/h1H3,(H,5,6). The Morgan fingerprint density at radius 3 is 2.88 bits per heavy atom. The van der Waals surface area contributed by atoms with Crippen molar-refractivity contribution in [1.29, 1.82) is 0 Å². The normalized spacial score (nSPS) is 9.62. The second kappa shape index (κ2) is 2.32. The van der Waals surface area contributed by atoms with Crippen LogP contribution in [-0.2, 0) is 0 Å². The maximum atomic E-state index is 10.3. The van der Waals surface area contributed by atoms with Crippen LogP contribution in [0.25, 0.3) is 0 Å². The van der Waals surface area contributed by atoms with Gasteiger partial charge in [-0.25, -0.2) is 4.79 Å². The van der Waals surface area contributed by atoms with E-state index in [1.165, 1.54) is 23.3 Å². The third kappa shape index (κ3) is 1.10. The van der Waals surface area contributed by atoms with Crippen LogP contribution >= 0.6 is 23.3 Å². The summed E-state index contributed by atoms with van der Waals surface area (Å²) in [4.78, 5) is 13.9. The molecule has 0 unspecified atom stereocenters. The first-order valence-electron chi connectivity index (χ1n) is 1.92. The highest BCUT2D eigenvalue weighted by Gasteiger charge is 1.92. The van der Waals surface area contributed by atoms with E-state index in [2.05, 4.69) is 9.36 Å². The molecule has 3 nitrogen and oxygen atoms in total. The number of H-pyrrole nitrogens is 1. The molecule has 0 aromatic carbocycles. The van der Waals surface area contributed by atoms with E-state index in [1.807, 2.05) is 6.26 Å². The molecule has 0 fully saturated rings. The first kappa shape index (κ1) is 5.84. The van der Waals surface area contributed by atoms with Gasteiger partial charge in [-0.05, 0) is 17.8 Å². The molecule has 0 radical (unpaired) electrons. The maximum Gasteiger partial charge on any atom is 0.356 e. The SMILES string of the molecule is CSc1nc(=O)[nH]s1. The largest absolute Gasteiger partial charge is 0.356 e. The molecule has 0 aliphatic carbocycles. The molecule has 1 heterocycles. The summed E-state index contributed by atoms with van der Waals surface area (Å²) in [6.07, 6.45) is 1.88. The molecule has 0 bridgehead atoms. The molecule has 0 saturated carbocycles. The highest BCUT2D eigenvalue weighted by molar-refractivity contribution is 8.00. The zero-order chi connectivity index (χ0) is 5.98. The fraction of sp³-hybridized carbons (Fsp3) is 0.333. The van der Waals surface area contributed by atoms with Crippen LogP contribution in [0.2, 0.25) is 0 Å². The van der Waals surface area contributed by atoms with E-state index in [0.717, 1.165) is 4.34 Å². The minimum atomic E-state index is -0.251. The van der Waals surface area contributed by atoms with Crippen molar-refractivity contribution in [3.8, 4) is 0 Å². The Kier molecular flexibility index (Phi) is 1.69. The lowest BCUT2D eigenvalue weighted by molar-refractivity contribution is 1.13. The minimum Gasteiger partial charge on any atom is -0.259 e. The molecule has 0 amide bonds. The highest BCUT2D eigenvalue weighted by atomic mass is 32.2. The van der Waals surface area contributed by atoms with Crippen molar-refractivity contribution >= 4 is 23.3 Å². The minimum absolute atomic E-state index is 0.251.